The van der Waals surface area contributed by atoms with Gasteiger partial charge in [0.2, 0.25) is 0 Å². The molecule has 1 heterocycles. The van der Waals surface area contributed by atoms with Gasteiger partial charge >= 0.3 is 0 Å². The van der Waals surface area contributed by atoms with Crippen LogP contribution < -0.4 is 5.32 Å². The van der Waals surface area contributed by atoms with E-state index in [4.69, 9.17) is 0 Å². The summed E-state index contributed by atoms with van der Waals surface area (Å²) in [5, 5.41) is 8.95. The van der Waals surface area contributed by atoms with Crippen molar-refractivity contribution in [1.29, 1.82) is 0 Å². The molecule has 0 saturated heterocycles. The normalized spacial score (nSPS) is 10.2. The van der Waals surface area contributed by atoms with Crippen LogP contribution >= 0.6 is 27.5 Å². The summed E-state index contributed by atoms with van der Waals surface area (Å²) in [5.41, 5.74) is 2.62. The summed E-state index contributed by atoms with van der Waals surface area (Å²) in [6.45, 7) is 0.497. The fourth-order valence-corrected chi connectivity index (χ4v) is 2.14. The van der Waals surface area contributed by atoms with E-state index >= 15 is 0 Å². The van der Waals surface area contributed by atoms with Crippen molar-refractivity contribution in [3.05, 3.63) is 46.5 Å². The van der Waals surface area contributed by atoms with Crippen LogP contribution in [0.4, 0.5) is 0 Å². The van der Waals surface area contributed by atoms with Gasteiger partial charge in [-0.25, -0.2) is 0 Å². The van der Waals surface area contributed by atoms with Gasteiger partial charge in [-0.2, -0.15) is 0 Å². The molecule has 1 aromatic heterocycles. The van der Waals surface area contributed by atoms with Crippen LogP contribution in [0.25, 0.3) is 0 Å². The van der Waals surface area contributed by atoms with Crippen molar-refractivity contribution in [3.63, 3.8) is 0 Å². The minimum atomic E-state index is -0.192. The first-order valence-corrected chi connectivity index (χ1v) is 6.94. The molecule has 0 saturated carbocycles. The molecular formula is C11H10BrN3OS. The molecule has 0 unspecified atom stereocenters. The Morgan fingerprint density at radius 1 is 1.41 bits per heavy atom. The summed E-state index contributed by atoms with van der Waals surface area (Å²) in [7, 11) is 0. The molecule has 0 bridgehead atoms. The molecule has 0 aliphatic rings. The SMILES string of the molecule is O=C(NCc1cccc(CBr)c1)c1csnn1. The molecule has 1 N–H and O–H groups in total. The molecule has 0 fully saturated rings. The fraction of sp³-hybridized carbons (Fsp3) is 0.182. The van der Waals surface area contributed by atoms with Gasteiger partial charge in [0.05, 0.1) is 0 Å². The number of halogens is 1. The zero-order valence-electron chi connectivity index (χ0n) is 8.89. The van der Waals surface area contributed by atoms with Crippen LogP contribution in [-0.2, 0) is 11.9 Å². The third-order valence-corrected chi connectivity index (χ3v) is 3.34. The van der Waals surface area contributed by atoms with E-state index in [1.165, 1.54) is 17.1 Å². The van der Waals surface area contributed by atoms with Crippen LogP contribution in [0, 0.1) is 0 Å². The number of hydrogen-bond donors (Lipinski definition) is 1. The maximum Gasteiger partial charge on any atom is 0.273 e. The summed E-state index contributed by atoms with van der Waals surface area (Å²) in [5.74, 6) is -0.192. The lowest BCUT2D eigenvalue weighted by atomic mass is 10.1. The molecule has 17 heavy (non-hydrogen) atoms. The van der Waals surface area contributed by atoms with Crippen molar-refractivity contribution in [3.8, 4) is 0 Å². The average Bonchev–Trinajstić information content (AvgIpc) is 2.90. The topological polar surface area (TPSA) is 54.9 Å². The molecule has 0 atom stereocenters. The van der Waals surface area contributed by atoms with Gasteiger partial charge in [-0.05, 0) is 22.7 Å². The van der Waals surface area contributed by atoms with Crippen molar-refractivity contribution in [1.82, 2.24) is 14.9 Å². The van der Waals surface area contributed by atoms with Crippen LogP contribution in [-0.4, -0.2) is 15.5 Å². The third-order valence-electron chi connectivity index (χ3n) is 2.19. The van der Waals surface area contributed by atoms with E-state index in [9.17, 15) is 4.79 Å². The van der Waals surface area contributed by atoms with E-state index in [0.29, 0.717) is 12.2 Å². The first-order chi connectivity index (χ1) is 8.29. The van der Waals surface area contributed by atoms with Crippen LogP contribution in [0.3, 0.4) is 0 Å². The predicted octanol–water partition coefficient (Wildman–Crippen LogP) is 2.36. The molecule has 0 aliphatic heterocycles. The number of nitrogens with zero attached hydrogens (tertiary/aromatic N) is 2. The first-order valence-electron chi connectivity index (χ1n) is 4.98. The molecule has 4 nitrogen and oxygen atoms in total. The molecule has 2 aromatic rings. The number of rotatable bonds is 4. The summed E-state index contributed by atoms with van der Waals surface area (Å²) in [4.78, 5) is 11.6. The van der Waals surface area contributed by atoms with Crippen LogP contribution in [0.2, 0.25) is 0 Å². The minimum Gasteiger partial charge on any atom is -0.347 e. The van der Waals surface area contributed by atoms with E-state index < -0.39 is 0 Å². The molecule has 0 aliphatic carbocycles. The number of amides is 1. The number of hydrogen-bond acceptors (Lipinski definition) is 4. The predicted molar refractivity (Wildman–Crippen MR) is 70.2 cm³/mol. The number of alkyl halides is 1. The quantitative estimate of drug-likeness (QED) is 0.882. The lowest BCUT2D eigenvalue weighted by Gasteiger charge is -2.04. The molecule has 0 spiro atoms. The van der Waals surface area contributed by atoms with Crippen LogP contribution in [0.1, 0.15) is 21.6 Å². The van der Waals surface area contributed by atoms with Crippen molar-refractivity contribution in [2.24, 2.45) is 0 Å². The van der Waals surface area contributed by atoms with Gasteiger partial charge in [0.1, 0.15) is 0 Å². The Balaban J connectivity index is 1.95. The molecular weight excluding hydrogens is 302 g/mol. The highest BCUT2D eigenvalue weighted by atomic mass is 79.9. The maximum absolute atomic E-state index is 11.6. The number of benzene rings is 1. The number of aromatic nitrogens is 2. The second-order valence-corrected chi connectivity index (χ2v) is 4.60. The van der Waals surface area contributed by atoms with Gasteiger partial charge in [-0.3, -0.25) is 4.79 Å². The summed E-state index contributed by atoms with van der Waals surface area (Å²) >= 11 is 4.57. The second-order valence-electron chi connectivity index (χ2n) is 3.43. The standard InChI is InChI=1S/C11H10BrN3OS/c12-5-8-2-1-3-9(4-8)6-13-11(16)10-7-17-15-14-10/h1-4,7H,5-6H2,(H,13,16). The smallest absolute Gasteiger partial charge is 0.273 e. The zero-order valence-corrected chi connectivity index (χ0v) is 11.3. The lowest BCUT2D eigenvalue weighted by molar-refractivity contribution is 0.0946. The van der Waals surface area contributed by atoms with Gasteiger partial charge in [-0.15, -0.1) is 5.10 Å². The second kappa shape index (κ2) is 5.88. The van der Waals surface area contributed by atoms with E-state index in [2.05, 4.69) is 30.8 Å². The fourth-order valence-electron chi connectivity index (χ4n) is 1.36. The summed E-state index contributed by atoms with van der Waals surface area (Å²) < 4.78 is 3.65. The number of carbonyl (C=O) groups excluding carboxylic acids is 1. The van der Waals surface area contributed by atoms with Crippen molar-refractivity contribution in [2.45, 2.75) is 11.9 Å². The first kappa shape index (κ1) is 12.2. The summed E-state index contributed by atoms with van der Waals surface area (Å²) in [6.07, 6.45) is 0. The minimum absolute atomic E-state index is 0.192. The molecule has 1 aromatic carbocycles. The molecule has 6 heteroatoms. The van der Waals surface area contributed by atoms with Crippen molar-refractivity contribution >= 4 is 33.4 Å². The highest BCUT2D eigenvalue weighted by molar-refractivity contribution is 9.08. The molecule has 2 rings (SSSR count). The largest absolute Gasteiger partial charge is 0.347 e. The monoisotopic (exact) mass is 311 g/mol. The maximum atomic E-state index is 11.6. The van der Waals surface area contributed by atoms with Crippen LogP contribution in [0.5, 0.6) is 0 Å². The van der Waals surface area contributed by atoms with Gasteiger partial charge in [0, 0.05) is 17.3 Å². The average molecular weight is 312 g/mol. The van der Waals surface area contributed by atoms with Gasteiger partial charge in [0.15, 0.2) is 5.69 Å². The summed E-state index contributed by atoms with van der Waals surface area (Å²) in [6, 6.07) is 8.03. The number of nitrogens with one attached hydrogen (secondary N) is 1. The van der Waals surface area contributed by atoms with Crippen molar-refractivity contribution in [2.75, 3.05) is 0 Å². The molecule has 1 amide bonds. The molecule has 88 valence electrons. The highest BCUT2D eigenvalue weighted by Gasteiger charge is 2.07. The lowest BCUT2D eigenvalue weighted by Crippen LogP contribution is -2.23. The Bertz CT molecular complexity index is 501. The Kier molecular flexibility index (Phi) is 4.22. The van der Waals surface area contributed by atoms with Crippen LogP contribution in [0.15, 0.2) is 29.6 Å². The third kappa shape index (κ3) is 3.34. The van der Waals surface area contributed by atoms with Gasteiger partial charge in [0.25, 0.3) is 5.91 Å². The Hall–Kier alpha value is -1.27. The van der Waals surface area contributed by atoms with Gasteiger partial charge in [-0.1, -0.05) is 44.7 Å². The van der Waals surface area contributed by atoms with E-state index in [0.717, 1.165) is 10.9 Å². The van der Waals surface area contributed by atoms with Gasteiger partial charge < -0.3 is 5.32 Å². The Morgan fingerprint density at radius 2 is 2.24 bits per heavy atom. The van der Waals surface area contributed by atoms with E-state index in [1.807, 2.05) is 24.3 Å². The number of carbonyl (C=O) groups is 1. The molecule has 0 radical (unpaired) electrons. The Morgan fingerprint density at radius 3 is 2.94 bits per heavy atom. The zero-order chi connectivity index (χ0) is 12.1. The Labute approximate surface area is 111 Å². The van der Waals surface area contributed by atoms with E-state index in [-0.39, 0.29) is 5.91 Å². The van der Waals surface area contributed by atoms with E-state index in [1.54, 1.807) is 5.38 Å². The highest BCUT2D eigenvalue weighted by Crippen LogP contribution is 2.08. The van der Waals surface area contributed by atoms with Crippen molar-refractivity contribution < 1.29 is 4.79 Å².